The molecular weight excluding hydrogens is 158 g/mol. The van der Waals surface area contributed by atoms with Gasteiger partial charge in [0.05, 0.1) is 0 Å². The van der Waals surface area contributed by atoms with Crippen molar-refractivity contribution in [2.75, 3.05) is 19.5 Å². The maximum atomic E-state index is 4.22. The van der Waals surface area contributed by atoms with Crippen molar-refractivity contribution in [3.05, 3.63) is 0 Å². The molecule has 1 N–H and O–H groups in total. The zero-order chi connectivity index (χ0) is 7.68. The van der Waals surface area contributed by atoms with Gasteiger partial charge in [-0.2, -0.15) is 16.9 Å². The van der Waals surface area contributed by atoms with Gasteiger partial charge in [-0.25, -0.2) is 0 Å². The zero-order valence-corrected chi connectivity index (χ0v) is 7.52. The summed E-state index contributed by atoms with van der Waals surface area (Å²) in [5, 5.41) is 5.06. The lowest BCUT2D eigenvalue weighted by Gasteiger charge is -2.26. The van der Waals surface area contributed by atoms with Gasteiger partial charge in [0.15, 0.2) is 0 Å². The number of hydrazone groups is 1. The molecule has 2 rings (SSSR count). The van der Waals surface area contributed by atoms with Crippen LogP contribution in [0, 0.1) is 0 Å². The Morgan fingerprint density at radius 3 is 3.09 bits per heavy atom. The molecule has 1 saturated heterocycles. The molecule has 11 heavy (non-hydrogen) atoms. The number of hydrogen-bond acceptors (Lipinski definition) is 4. The van der Waals surface area contributed by atoms with E-state index in [1.54, 1.807) is 0 Å². The van der Waals surface area contributed by atoms with Gasteiger partial charge >= 0.3 is 0 Å². The van der Waals surface area contributed by atoms with Gasteiger partial charge in [0.2, 0.25) is 0 Å². The fourth-order valence-electron chi connectivity index (χ4n) is 1.26. The highest BCUT2D eigenvalue weighted by Crippen LogP contribution is 2.31. The van der Waals surface area contributed by atoms with E-state index in [9.17, 15) is 0 Å². The lowest BCUT2D eigenvalue weighted by molar-refractivity contribution is 0.497. The molecule has 0 aromatic heterocycles. The average molecular weight is 171 g/mol. The first-order valence-electron chi connectivity index (χ1n) is 3.98. The number of nitrogens with one attached hydrogen (secondary N) is 1. The van der Waals surface area contributed by atoms with Crippen LogP contribution < -0.4 is 5.43 Å². The van der Waals surface area contributed by atoms with E-state index in [1.165, 1.54) is 18.0 Å². The van der Waals surface area contributed by atoms with Crippen molar-refractivity contribution in [1.82, 2.24) is 10.3 Å². The highest BCUT2D eigenvalue weighted by atomic mass is 32.2. The molecule has 2 aliphatic rings. The smallest absolute Gasteiger partial charge is 0.127 e. The highest BCUT2D eigenvalue weighted by molar-refractivity contribution is 8.01. The number of nitrogens with zero attached hydrogens (tertiary/aromatic N) is 2. The van der Waals surface area contributed by atoms with Crippen LogP contribution in [0.25, 0.3) is 0 Å². The molecule has 62 valence electrons. The van der Waals surface area contributed by atoms with E-state index >= 15 is 0 Å². The SMILES string of the molecule is CN1CNN=C1CC1CCS1. The summed E-state index contributed by atoms with van der Waals surface area (Å²) in [6.45, 7) is 0.882. The van der Waals surface area contributed by atoms with Gasteiger partial charge in [-0.05, 0) is 12.2 Å². The van der Waals surface area contributed by atoms with Crippen LogP contribution in [0.15, 0.2) is 5.10 Å². The first-order valence-corrected chi connectivity index (χ1v) is 5.03. The van der Waals surface area contributed by atoms with E-state index in [2.05, 4.69) is 34.2 Å². The summed E-state index contributed by atoms with van der Waals surface area (Å²) in [6.07, 6.45) is 2.52. The van der Waals surface area contributed by atoms with Crippen LogP contribution >= 0.6 is 11.8 Å². The van der Waals surface area contributed by atoms with Crippen LogP contribution in [0.4, 0.5) is 0 Å². The van der Waals surface area contributed by atoms with E-state index in [0.717, 1.165) is 18.3 Å². The minimum atomic E-state index is 0.844. The Morgan fingerprint density at radius 1 is 1.82 bits per heavy atom. The van der Waals surface area contributed by atoms with Gasteiger partial charge in [0, 0.05) is 18.7 Å². The standard InChI is InChI=1S/C7H13N3S/c1-10-5-8-9-7(10)4-6-2-3-11-6/h6,8H,2-5H2,1H3. The molecular formula is C7H13N3S. The van der Waals surface area contributed by atoms with E-state index in [-0.39, 0.29) is 0 Å². The van der Waals surface area contributed by atoms with Gasteiger partial charge in [-0.15, -0.1) is 0 Å². The van der Waals surface area contributed by atoms with Gasteiger partial charge in [-0.1, -0.05) is 0 Å². The molecule has 3 nitrogen and oxygen atoms in total. The second-order valence-electron chi connectivity index (χ2n) is 3.03. The van der Waals surface area contributed by atoms with Crippen molar-refractivity contribution < 1.29 is 0 Å². The number of thioether (sulfide) groups is 1. The Labute approximate surface area is 71.2 Å². The largest absolute Gasteiger partial charge is 0.343 e. The third-order valence-electron chi connectivity index (χ3n) is 2.16. The van der Waals surface area contributed by atoms with Gasteiger partial charge in [0.25, 0.3) is 0 Å². The first-order chi connectivity index (χ1) is 5.36. The molecule has 1 unspecified atom stereocenters. The lowest BCUT2D eigenvalue weighted by Crippen LogP contribution is -2.29. The van der Waals surface area contributed by atoms with E-state index in [4.69, 9.17) is 0 Å². The minimum Gasteiger partial charge on any atom is -0.343 e. The topological polar surface area (TPSA) is 27.6 Å². The van der Waals surface area contributed by atoms with Crippen molar-refractivity contribution in [3.8, 4) is 0 Å². The summed E-state index contributed by atoms with van der Waals surface area (Å²) in [5.41, 5.74) is 2.98. The Morgan fingerprint density at radius 2 is 2.64 bits per heavy atom. The predicted molar refractivity (Wildman–Crippen MR) is 48.7 cm³/mol. The summed E-state index contributed by atoms with van der Waals surface area (Å²) in [7, 11) is 2.09. The van der Waals surface area contributed by atoms with Gasteiger partial charge < -0.3 is 4.90 Å². The normalized spacial score (nSPS) is 29.4. The highest BCUT2D eigenvalue weighted by Gasteiger charge is 2.23. The van der Waals surface area contributed by atoms with Crippen LogP contribution in [0.5, 0.6) is 0 Å². The van der Waals surface area contributed by atoms with Crippen LogP contribution in [-0.2, 0) is 0 Å². The average Bonchev–Trinajstić information content (AvgIpc) is 2.27. The Bertz CT molecular complexity index is 177. The third-order valence-corrected chi connectivity index (χ3v) is 3.51. The molecule has 0 spiro atoms. The fourth-order valence-corrected chi connectivity index (χ4v) is 2.10. The van der Waals surface area contributed by atoms with Gasteiger partial charge in [-0.3, -0.25) is 5.43 Å². The molecule has 0 saturated carbocycles. The van der Waals surface area contributed by atoms with Crippen molar-refractivity contribution in [2.45, 2.75) is 18.1 Å². The van der Waals surface area contributed by atoms with Crippen molar-refractivity contribution in [2.24, 2.45) is 5.10 Å². The monoisotopic (exact) mass is 171 g/mol. The molecule has 4 heteroatoms. The van der Waals surface area contributed by atoms with Crippen LogP contribution in [0.1, 0.15) is 12.8 Å². The molecule has 1 fully saturated rings. The Kier molecular flexibility index (Phi) is 1.94. The Balaban J connectivity index is 1.84. The van der Waals surface area contributed by atoms with Crippen molar-refractivity contribution in [1.29, 1.82) is 0 Å². The quantitative estimate of drug-likeness (QED) is 0.662. The third kappa shape index (κ3) is 1.45. The fraction of sp³-hybridized carbons (Fsp3) is 0.857. The van der Waals surface area contributed by atoms with Crippen molar-refractivity contribution >= 4 is 17.6 Å². The predicted octanol–water partition coefficient (Wildman–Crippen LogP) is 0.688. The second kappa shape index (κ2) is 2.93. The number of amidine groups is 1. The number of rotatable bonds is 2. The molecule has 0 aromatic carbocycles. The summed E-state index contributed by atoms with van der Waals surface area (Å²) < 4.78 is 0. The molecule has 1 atom stereocenters. The summed E-state index contributed by atoms with van der Waals surface area (Å²) in [5.74, 6) is 2.57. The molecule has 2 heterocycles. The minimum absolute atomic E-state index is 0.844. The molecule has 0 aromatic rings. The van der Waals surface area contributed by atoms with E-state index < -0.39 is 0 Å². The molecule has 0 aliphatic carbocycles. The van der Waals surface area contributed by atoms with Gasteiger partial charge in [0.1, 0.15) is 12.5 Å². The molecule has 2 aliphatic heterocycles. The molecule has 0 radical (unpaired) electrons. The number of hydrogen-bond donors (Lipinski definition) is 1. The van der Waals surface area contributed by atoms with Crippen LogP contribution in [0.3, 0.4) is 0 Å². The lowest BCUT2D eigenvalue weighted by atomic mass is 10.2. The zero-order valence-electron chi connectivity index (χ0n) is 6.71. The van der Waals surface area contributed by atoms with E-state index in [1.807, 2.05) is 0 Å². The van der Waals surface area contributed by atoms with E-state index in [0.29, 0.717) is 0 Å². The maximum absolute atomic E-state index is 4.22. The Hall–Kier alpha value is -0.380. The summed E-state index contributed by atoms with van der Waals surface area (Å²) in [4.78, 5) is 2.18. The summed E-state index contributed by atoms with van der Waals surface area (Å²) >= 11 is 2.06. The van der Waals surface area contributed by atoms with Crippen molar-refractivity contribution in [3.63, 3.8) is 0 Å². The molecule has 0 amide bonds. The maximum Gasteiger partial charge on any atom is 0.127 e. The molecule has 0 bridgehead atoms. The first kappa shape index (κ1) is 7.28. The van der Waals surface area contributed by atoms with Crippen LogP contribution in [0.2, 0.25) is 0 Å². The van der Waals surface area contributed by atoms with Crippen LogP contribution in [-0.4, -0.2) is 35.5 Å². The second-order valence-corrected chi connectivity index (χ2v) is 4.44. The summed E-state index contributed by atoms with van der Waals surface area (Å²) in [6, 6.07) is 0.